The van der Waals surface area contributed by atoms with E-state index in [1.807, 2.05) is 6.07 Å². The second-order valence-corrected chi connectivity index (χ2v) is 6.42. The molecule has 1 aliphatic rings. The van der Waals surface area contributed by atoms with Crippen molar-refractivity contribution in [1.29, 1.82) is 0 Å². The Bertz CT molecular complexity index is 934. The Morgan fingerprint density at radius 1 is 1.08 bits per heavy atom. The van der Waals surface area contributed by atoms with Crippen LogP contribution in [0.15, 0.2) is 41.3 Å². The molecular weight excluding hydrogens is 302 g/mol. The summed E-state index contributed by atoms with van der Waals surface area (Å²) in [6.45, 7) is 4.23. The van der Waals surface area contributed by atoms with E-state index in [1.165, 1.54) is 11.9 Å². The van der Waals surface area contributed by atoms with Gasteiger partial charge >= 0.3 is 0 Å². The van der Waals surface area contributed by atoms with Gasteiger partial charge in [-0.05, 0) is 37.4 Å². The number of likely N-dealkylation sites (N-methyl/N-ethyl adjacent to an activating group) is 1. The van der Waals surface area contributed by atoms with Crippen molar-refractivity contribution >= 4 is 22.3 Å². The highest BCUT2D eigenvalue weighted by Gasteiger charge is 2.15. The number of aromatic amines is 2. The molecule has 2 aromatic heterocycles. The third-order valence-electron chi connectivity index (χ3n) is 4.69. The molecule has 0 aliphatic carbocycles. The van der Waals surface area contributed by atoms with Crippen molar-refractivity contribution < 1.29 is 0 Å². The van der Waals surface area contributed by atoms with Crippen molar-refractivity contribution in [1.82, 2.24) is 14.9 Å². The minimum Gasteiger partial charge on any atom is -0.398 e. The zero-order valence-corrected chi connectivity index (χ0v) is 13.7. The van der Waals surface area contributed by atoms with Crippen LogP contribution in [0.3, 0.4) is 0 Å². The van der Waals surface area contributed by atoms with Crippen molar-refractivity contribution in [3.05, 3.63) is 46.9 Å². The average molecular weight is 323 g/mol. The fraction of sp³-hybridized carbons (Fsp3) is 0.278. The first-order valence-corrected chi connectivity index (χ1v) is 8.15. The molecule has 0 amide bonds. The maximum Gasteiger partial charge on any atom is 0.257 e. The summed E-state index contributed by atoms with van der Waals surface area (Å²) in [7, 11) is 2.15. The lowest BCUT2D eigenvalue weighted by atomic mass is 10.1. The van der Waals surface area contributed by atoms with Crippen LogP contribution >= 0.6 is 0 Å². The average Bonchev–Trinajstić information content (AvgIpc) is 3.00. The smallest absolute Gasteiger partial charge is 0.257 e. The second-order valence-electron chi connectivity index (χ2n) is 6.42. The quantitative estimate of drug-likeness (QED) is 0.672. The second kappa shape index (κ2) is 5.72. The molecule has 0 saturated carbocycles. The highest BCUT2D eigenvalue weighted by Crippen LogP contribution is 2.27. The van der Waals surface area contributed by atoms with Crippen LogP contribution in [0.1, 0.15) is 0 Å². The van der Waals surface area contributed by atoms with Gasteiger partial charge in [-0.1, -0.05) is 0 Å². The van der Waals surface area contributed by atoms with Crippen LogP contribution in [0.2, 0.25) is 0 Å². The molecule has 1 aromatic carbocycles. The van der Waals surface area contributed by atoms with E-state index in [0.717, 1.165) is 42.8 Å². The van der Waals surface area contributed by atoms with Crippen molar-refractivity contribution in [2.75, 3.05) is 43.9 Å². The first-order chi connectivity index (χ1) is 11.6. The lowest BCUT2D eigenvalue weighted by Crippen LogP contribution is -2.44. The van der Waals surface area contributed by atoms with Gasteiger partial charge in [0.2, 0.25) is 0 Å². The largest absolute Gasteiger partial charge is 0.398 e. The van der Waals surface area contributed by atoms with Crippen LogP contribution in [0.4, 0.5) is 11.4 Å². The van der Waals surface area contributed by atoms with Gasteiger partial charge in [-0.2, -0.15) is 0 Å². The topological polar surface area (TPSA) is 81.2 Å². The third-order valence-corrected chi connectivity index (χ3v) is 4.69. The van der Waals surface area contributed by atoms with Crippen LogP contribution in [0, 0.1) is 0 Å². The SMILES string of the molecule is CN1CCN(c2ccc3[nH]c(-c4cc(N)c[nH]c4=O)cc3c2)CC1. The molecule has 0 unspecified atom stereocenters. The summed E-state index contributed by atoms with van der Waals surface area (Å²) in [6, 6.07) is 10.1. The monoisotopic (exact) mass is 323 g/mol. The summed E-state index contributed by atoms with van der Waals surface area (Å²) in [6.07, 6.45) is 1.51. The van der Waals surface area contributed by atoms with E-state index in [1.54, 1.807) is 6.07 Å². The summed E-state index contributed by atoms with van der Waals surface area (Å²) in [5, 5.41) is 1.10. The number of H-pyrrole nitrogens is 2. The Morgan fingerprint density at radius 2 is 1.88 bits per heavy atom. The summed E-state index contributed by atoms with van der Waals surface area (Å²) in [5.41, 5.74) is 9.79. The van der Waals surface area contributed by atoms with E-state index in [2.05, 4.69) is 45.0 Å². The first-order valence-electron chi connectivity index (χ1n) is 8.15. The van der Waals surface area contributed by atoms with Gasteiger partial charge in [0.25, 0.3) is 5.56 Å². The molecule has 24 heavy (non-hydrogen) atoms. The predicted octanol–water partition coefficient (Wildman–Crippen LogP) is 1.86. The van der Waals surface area contributed by atoms with Gasteiger partial charge in [-0.25, -0.2) is 0 Å². The van der Waals surface area contributed by atoms with Crippen LogP contribution in [-0.4, -0.2) is 48.1 Å². The van der Waals surface area contributed by atoms with Crippen molar-refractivity contribution in [2.45, 2.75) is 0 Å². The fourth-order valence-corrected chi connectivity index (χ4v) is 3.23. The van der Waals surface area contributed by atoms with Crippen molar-refractivity contribution in [3.8, 4) is 11.3 Å². The molecule has 6 nitrogen and oxygen atoms in total. The molecule has 4 rings (SSSR count). The van der Waals surface area contributed by atoms with Crippen molar-refractivity contribution in [2.24, 2.45) is 0 Å². The van der Waals surface area contributed by atoms with Crippen LogP contribution in [-0.2, 0) is 0 Å². The molecule has 0 atom stereocenters. The molecule has 0 spiro atoms. The zero-order valence-electron chi connectivity index (χ0n) is 13.7. The Balaban J connectivity index is 1.71. The van der Waals surface area contributed by atoms with E-state index in [0.29, 0.717) is 11.3 Å². The van der Waals surface area contributed by atoms with Gasteiger partial charge in [-0.3, -0.25) is 4.79 Å². The van der Waals surface area contributed by atoms with E-state index in [9.17, 15) is 4.79 Å². The highest BCUT2D eigenvalue weighted by molar-refractivity contribution is 5.88. The maximum atomic E-state index is 12.0. The van der Waals surface area contributed by atoms with E-state index < -0.39 is 0 Å². The number of anilines is 2. The number of nitrogen functional groups attached to an aromatic ring is 1. The predicted molar refractivity (Wildman–Crippen MR) is 98.5 cm³/mol. The van der Waals surface area contributed by atoms with Crippen LogP contribution in [0.25, 0.3) is 22.2 Å². The summed E-state index contributed by atoms with van der Waals surface area (Å²) >= 11 is 0. The summed E-state index contributed by atoms with van der Waals surface area (Å²) < 4.78 is 0. The van der Waals surface area contributed by atoms with E-state index in [4.69, 9.17) is 5.73 Å². The summed E-state index contributed by atoms with van der Waals surface area (Å²) in [5.74, 6) is 0. The number of nitrogens with one attached hydrogen (secondary N) is 2. The molecule has 1 fully saturated rings. The standard InChI is InChI=1S/C18H21N5O/c1-22-4-6-23(7-5-22)14-2-3-16-12(8-14)9-17(21-16)15-10-13(19)11-20-18(15)24/h2-3,8-11,21H,4-7,19H2,1H3,(H,20,24). The van der Waals surface area contributed by atoms with Crippen LogP contribution in [0.5, 0.6) is 0 Å². The number of hydrogen-bond donors (Lipinski definition) is 3. The molecular formula is C18H21N5O. The number of nitrogens with two attached hydrogens (primary N) is 1. The number of benzene rings is 1. The Morgan fingerprint density at radius 3 is 2.67 bits per heavy atom. The van der Waals surface area contributed by atoms with Crippen molar-refractivity contribution in [3.63, 3.8) is 0 Å². The van der Waals surface area contributed by atoms with Gasteiger partial charge in [0.1, 0.15) is 0 Å². The number of nitrogens with zero attached hydrogens (tertiary/aromatic N) is 2. The van der Waals surface area contributed by atoms with Gasteiger partial charge in [0.05, 0.1) is 11.3 Å². The number of pyridine rings is 1. The molecule has 3 heterocycles. The number of fused-ring (bicyclic) bond motifs is 1. The van der Waals surface area contributed by atoms with Crippen LogP contribution < -0.4 is 16.2 Å². The molecule has 4 N–H and O–H groups in total. The Hall–Kier alpha value is -2.73. The maximum absolute atomic E-state index is 12.0. The molecule has 3 aromatic rings. The normalized spacial score (nSPS) is 16.0. The summed E-state index contributed by atoms with van der Waals surface area (Å²) in [4.78, 5) is 22.8. The van der Waals surface area contributed by atoms with Gasteiger partial charge < -0.3 is 25.5 Å². The molecule has 1 aliphatic heterocycles. The molecule has 124 valence electrons. The van der Waals surface area contributed by atoms with Gasteiger partial charge in [0, 0.05) is 54.7 Å². The number of rotatable bonds is 2. The highest BCUT2D eigenvalue weighted by atomic mass is 16.1. The number of aromatic nitrogens is 2. The fourth-order valence-electron chi connectivity index (χ4n) is 3.23. The lowest BCUT2D eigenvalue weighted by Gasteiger charge is -2.34. The Labute approximate surface area is 139 Å². The zero-order chi connectivity index (χ0) is 16.7. The molecule has 0 radical (unpaired) electrons. The van der Waals surface area contributed by atoms with Gasteiger partial charge in [-0.15, -0.1) is 0 Å². The molecule has 6 heteroatoms. The minimum absolute atomic E-state index is 0.143. The van der Waals surface area contributed by atoms with E-state index >= 15 is 0 Å². The lowest BCUT2D eigenvalue weighted by molar-refractivity contribution is 0.313. The first kappa shape index (κ1) is 14.8. The molecule has 1 saturated heterocycles. The van der Waals surface area contributed by atoms with Gasteiger partial charge in [0.15, 0.2) is 0 Å². The Kier molecular flexibility index (Phi) is 3.54. The number of piperazine rings is 1. The minimum atomic E-state index is -0.143. The molecule has 0 bridgehead atoms. The van der Waals surface area contributed by atoms with E-state index in [-0.39, 0.29) is 5.56 Å². The number of hydrogen-bond acceptors (Lipinski definition) is 4. The third kappa shape index (κ3) is 2.65.